The van der Waals surface area contributed by atoms with Gasteiger partial charge in [0.15, 0.2) is 5.78 Å². The van der Waals surface area contributed by atoms with E-state index in [0.29, 0.717) is 13.0 Å². The lowest BCUT2D eigenvalue weighted by molar-refractivity contribution is 0.0972. The summed E-state index contributed by atoms with van der Waals surface area (Å²) in [7, 11) is 0. The van der Waals surface area contributed by atoms with Crippen LogP contribution in [0.25, 0.3) is 0 Å². The Kier molecular flexibility index (Phi) is 4.15. The topological polar surface area (TPSA) is 46.5 Å². The Bertz CT molecular complexity index is 398. The molecule has 1 aromatic rings. The van der Waals surface area contributed by atoms with Gasteiger partial charge in [-0.15, -0.1) is 0 Å². The van der Waals surface area contributed by atoms with Crippen molar-refractivity contribution in [1.82, 2.24) is 0 Å². The molecule has 92 valence electrons. The molecule has 1 aromatic carbocycles. The SMILES string of the molecule is O=C1CCCc2ccc(OCCCCO)cc21. The summed E-state index contributed by atoms with van der Waals surface area (Å²) in [5.74, 6) is 0.990. The molecular weight excluding hydrogens is 216 g/mol. The normalized spacial score (nSPS) is 14.5. The molecule has 0 fully saturated rings. The van der Waals surface area contributed by atoms with Crippen molar-refractivity contribution >= 4 is 5.78 Å². The first-order valence-corrected chi connectivity index (χ1v) is 6.21. The van der Waals surface area contributed by atoms with E-state index in [1.165, 1.54) is 0 Å². The first-order chi connectivity index (χ1) is 8.31. The lowest BCUT2D eigenvalue weighted by Gasteiger charge is -2.15. The van der Waals surface area contributed by atoms with Crippen molar-refractivity contribution in [2.45, 2.75) is 32.1 Å². The quantitative estimate of drug-likeness (QED) is 0.795. The summed E-state index contributed by atoms with van der Waals surface area (Å²) in [6.07, 6.45) is 4.20. The number of hydrogen-bond acceptors (Lipinski definition) is 3. The van der Waals surface area contributed by atoms with Crippen LogP contribution >= 0.6 is 0 Å². The monoisotopic (exact) mass is 234 g/mol. The number of ketones is 1. The van der Waals surface area contributed by atoms with Crippen molar-refractivity contribution in [2.75, 3.05) is 13.2 Å². The van der Waals surface area contributed by atoms with Gasteiger partial charge >= 0.3 is 0 Å². The molecule has 17 heavy (non-hydrogen) atoms. The first-order valence-electron chi connectivity index (χ1n) is 6.21. The zero-order chi connectivity index (χ0) is 12.1. The fraction of sp³-hybridized carbons (Fsp3) is 0.500. The fourth-order valence-corrected chi connectivity index (χ4v) is 2.10. The Balaban J connectivity index is 2.00. The van der Waals surface area contributed by atoms with Crippen LogP contribution in [0.2, 0.25) is 0 Å². The molecule has 0 spiro atoms. The summed E-state index contributed by atoms with van der Waals surface area (Å²) < 4.78 is 5.56. The second-order valence-electron chi connectivity index (χ2n) is 4.37. The van der Waals surface area contributed by atoms with Crippen LogP contribution in [0.3, 0.4) is 0 Å². The number of fused-ring (bicyclic) bond motifs is 1. The Morgan fingerprint density at radius 1 is 1.24 bits per heavy atom. The molecule has 0 atom stereocenters. The molecule has 0 bridgehead atoms. The van der Waals surface area contributed by atoms with Gasteiger partial charge in [-0.2, -0.15) is 0 Å². The maximum atomic E-state index is 11.7. The summed E-state index contributed by atoms with van der Waals surface area (Å²) in [6.45, 7) is 0.791. The maximum Gasteiger partial charge on any atom is 0.163 e. The Labute approximate surface area is 101 Å². The number of rotatable bonds is 5. The van der Waals surface area contributed by atoms with Crippen molar-refractivity contribution in [1.29, 1.82) is 0 Å². The number of benzene rings is 1. The van der Waals surface area contributed by atoms with Crippen LogP contribution in [0.15, 0.2) is 18.2 Å². The fourth-order valence-electron chi connectivity index (χ4n) is 2.10. The molecule has 3 heteroatoms. The Hall–Kier alpha value is -1.35. The highest BCUT2D eigenvalue weighted by atomic mass is 16.5. The number of aryl methyl sites for hydroxylation is 1. The molecule has 0 unspecified atom stereocenters. The number of aliphatic hydroxyl groups is 1. The number of aliphatic hydroxyl groups excluding tert-OH is 1. The van der Waals surface area contributed by atoms with E-state index in [4.69, 9.17) is 9.84 Å². The van der Waals surface area contributed by atoms with Crippen molar-refractivity contribution in [2.24, 2.45) is 0 Å². The minimum atomic E-state index is 0.200. The Morgan fingerprint density at radius 2 is 2.12 bits per heavy atom. The van der Waals surface area contributed by atoms with E-state index in [-0.39, 0.29) is 12.4 Å². The van der Waals surface area contributed by atoms with Crippen molar-refractivity contribution in [3.8, 4) is 5.75 Å². The molecule has 2 rings (SSSR count). The Morgan fingerprint density at radius 3 is 2.94 bits per heavy atom. The largest absolute Gasteiger partial charge is 0.494 e. The van der Waals surface area contributed by atoms with Gasteiger partial charge in [-0.05, 0) is 43.4 Å². The molecule has 3 nitrogen and oxygen atoms in total. The number of ether oxygens (including phenoxy) is 1. The number of Topliss-reactive ketones (excluding diaryl/α,β-unsaturated/α-hetero) is 1. The standard InChI is InChI=1S/C14H18O3/c15-8-1-2-9-17-12-7-6-11-4-3-5-14(16)13(11)10-12/h6-7,10,15H,1-5,8-9H2. The van der Waals surface area contributed by atoms with Crippen LogP contribution in [0.1, 0.15) is 41.6 Å². The third-order valence-corrected chi connectivity index (χ3v) is 3.05. The van der Waals surface area contributed by atoms with Gasteiger partial charge in [-0.3, -0.25) is 4.79 Å². The van der Waals surface area contributed by atoms with Gasteiger partial charge in [-0.25, -0.2) is 0 Å². The zero-order valence-corrected chi connectivity index (χ0v) is 9.95. The predicted octanol–water partition coefficient (Wildman–Crippen LogP) is 2.36. The maximum absolute atomic E-state index is 11.7. The molecule has 0 aromatic heterocycles. The van der Waals surface area contributed by atoms with Gasteiger partial charge in [0.1, 0.15) is 5.75 Å². The van der Waals surface area contributed by atoms with Crippen molar-refractivity contribution in [3.63, 3.8) is 0 Å². The molecule has 0 saturated heterocycles. The summed E-state index contributed by atoms with van der Waals surface area (Å²) in [5, 5.41) is 8.66. The average molecular weight is 234 g/mol. The molecule has 0 amide bonds. The van der Waals surface area contributed by atoms with Crippen LogP contribution in [0.5, 0.6) is 5.75 Å². The van der Waals surface area contributed by atoms with Gasteiger partial charge < -0.3 is 9.84 Å². The smallest absolute Gasteiger partial charge is 0.163 e. The summed E-state index contributed by atoms with van der Waals surface area (Å²) >= 11 is 0. The summed E-state index contributed by atoms with van der Waals surface area (Å²) in [5.41, 5.74) is 1.97. The van der Waals surface area contributed by atoms with Gasteiger partial charge in [0.25, 0.3) is 0 Å². The van der Waals surface area contributed by atoms with E-state index < -0.39 is 0 Å². The highest BCUT2D eigenvalue weighted by molar-refractivity contribution is 5.98. The highest BCUT2D eigenvalue weighted by Gasteiger charge is 2.17. The molecule has 0 saturated carbocycles. The minimum absolute atomic E-state index is 0.200. The van der Waals surface area contributed by atoms with Crippen molar-refractivity contribution in [3.05, 3.63) is 29.3 Å². The van der Waals surface area contributed by atoms with Gasteiger partial charge in [0, 0.05) is 18.6 Å². The van der Waals surface area contributed by atoms with Gasteiger partial charge in [-0.1, -0.05) is 6.07 Å². The molecule has 0 radical (unpaired) electrons. The van der Waals surface area contributed by atoms with Crippen LogP contribution in [0, 0.1) is 0 Å². The number of unbranched alkanes of at least 4 members (excludes halogenated alkanes) is 1. The zero-order valence-electron chi connectivity index (χ0n) is 9.95. The molecule has 1 aliphatic rings. The molecule has 1 aliphatic carbocycles. The molecule has 1 N–H and O–H groups in total. The average Bonchev–Trinajstić information content (AvgIpc) is 2.36. The third-order valence-electron chi connectivity index (χ3n) is 3.05. The summed E-state index contributed by atoms with van der Waals surface area (Å²) in [4.78, 5) is 11.7. The molecule has 0 heterocycles. The van der Waals surface area contributed by atoms with E-state index in [9.17, 15) is 4.79 Å². The van der Waals surface area contributed by atoms with Crippen LogP contribution in [-0.4, -0.2) is 24.1 Å². The third kappa shape index (κ3) is 3.07. The molecule has 0 aliphatic heterocycles. The van der Waals surface area contributed by atoms with E-state index in [0.717, 1.165) is 42.6 Å². The minimum Gasteiger partial charge on any atom is -0.494 e. The van der Waals surface area contributed by atoms with E-state index in [2.05, 4.69) is 0 Å². The molecular formula is C14H18O3. The van der Waals surface area contributed by atoms with Crippen LogP contribution < -0.4 is 4.74 Å². The van der Waals surface area contributed by atoms with Crippen LogP contribution in [0.4, 0.5) is 0 Å². The van der Waals surface area contributed by atoms with E-state index >= 15 is 0 Å². The second-order valence-corrected chi connectivity index (χ2v) is 4.37. The van der Waals surface area contributed by atoms with E-state index in [1.54, 1.807) is 0 Å². The van der Waals surface area contributed by atoms with Crippen molar-refractivity contribution < 1.29 is 14.6 Å². The summed E-state index contributed by atoms with van der Waals surface area (Å²) in [6, 6.07) is 5.78. The second kappa shape index (κ2) is 5.82. The highest BCUT2D eigenvalue weighted by Crippen LogP contribution is 2.25. The first kappa shape index (κ1) is 12.1. The van der Waals surface area contributed by atoms with E-state index in [1.807, 2.05) is 18.2 Å². The lowest BCUT2D eigenvalue weighted by Crippen LogP contribution is -2.11. The van der Waals surface area contributed by atoms with Gasteiger partial charge in [0.05, 0.1) is 6.61 Å². The number of carbonyl (C=O) groups excluding carboxylic acids is 1. The van der Waals surface area contributed by atoms with Crippen LogP contribution in [-0.2, 0) is 6.42 Å². The number of carbonyl (C=O) groups is 1. The van der Waals surface area contributed by atoms with Gasteiger partial charge in [0.2, 0.25) is 0 Å². The predicted molar refractivity (Wildman–Crippen MR) is 65.5 cm³/mol. The lowest BCUT2D eigenvalue weighted by atomic mass is 9.90. The number of hydrogen-bond donors (Lipinski definition) is 1.